The van der Waals surface area contributed by atoms with Gasteiger partial charge in [0.25, 0.3) is 5.91 Å². The minimum Gasteiger partial charge on any atom is -0.485 e. The summed E-state index contributed by atoms with van der Waals surface area (Å²) in [6.45, 7) is 2.73. The maximum Gasteiger partial charge on any atom is 0.274 e. The molecular weight excluding hydrogens is 468 g/mol. The number of fused-ring (bicyclic) bond motifs is 3. The van der Waals surface area contributed by atoms with Gasteiger partial charge in [0.05, 0.1) is 23.8 Å². The van der Waals surface area contributed by atoms with Crippen LogP contribution in [0.25, 0.3) is 11.1 Å². The molecule has 2 aliphatic rings. The number of carbonyl (C=O) groups excluding carboxylic acids is 2. The third-order valence-corrected chi connectivity index (χ3v) is 6.48. The number of carbonyl (C=O) groups is 2. The van der Waals surface area contributed by atoms with Crippen molar-refractivity contribution < 1.29 is 14.3 Å². The van der Waals surface area contributed by atoms with Gasteiger partial charge in [0, 0.05) is 53.8 Å². The van der Waals surface area contributed by atoms with Crippen molar-refractivity contribution in [1.82, 2.24) is 15.0 Å². The summed E-state index contributed by atoms with van der Waals surface area (Å²) in [5.74, 6) is 1.22. The zero-order valence-corrected chi connectivity index (χ0v) is 20.1. The van der Waals surface area contributed by atoms with Crippen LogP contribution < -0.4 is 20.3 Å². The summed E-state index contributed by atoms with van der Waals surface area (Å²) in [7, 11) is 0. The van der Waals surface area contributed by atoms with Crippen LogP contribution >= 0.6 is 0 Å². The number of hydrogen-bond acceptors (Lipinski definition) is 7. The van der Waals surface area contributed by atoms with Gasteiger partial charge in [-0.3, -0.25) is 19.6 Å². The lowest BCUT2D eigenvalue weighted by molar-refractivity contribution is -0.117. The van der Waals surface area contributed by atoms with Gasteiger partial charge in [-0.25, -0.2) is 4.98 Å². The second kappa shape index (κ2) is 9.34. The standard InChI is InChI=1S/C28H24N6O3/c1-17-22-13-26(32-18-11-19(15-29-14-18)33-28(36)24-5-2-3-9-30-24)31-16-23(22)21-8-7-20(12-25(21)37-17)34-10-4-6-27(34)35/h2-3,5,7-9,11-17H,4,6,10H2,1H3,(H,31,32)(H,33,36). The molecule has 0 radical (unpaired) electrons. The van der Waals surface area contributed by atoms with Crippen LogP contribution in [0.1, 0.15) is 41.9 Å². The van der Waals surface area contributed by atoms with E-state index >= 15 is 0 Å². The molecule has 37 heavy (non-hydrogen) atoms. The minimum absolute atomic E-state index is 0.149. The molecule has 9 nitrogen and oxygen atoms in total. The Kier molecular flexibility index (Phi) is 5.72. The molecule has 3 aromatic heterocycles. The van der Waals surface area contributed by atoms with Gasteiger partial charge in [-0.05, 0) is 49.7 Å². The van der Waals surface area contributed by atoms with E-state index in [4.69, 9.17) is 4.74 Å². The minimum atomic E-state index is -0.312. The number of anilines is 4. The van der Waals surface area contributed by atoms with Crippen molar-refractivity contribution in [1.29, 1.82) is 0 Å². The number of aromatic nitrogens is 3. The van der Waals surface area contributed by atoms with Crippen LogP contribution in [-0.4, -0.2) is 33.3 Å². The third-order valence-electron chi connectivity index (χ3n) is 6.48. The van der Waals surface area contributed by atoms with Crippen LogP contribution in [-0.2, 0) is 4.79 Å². The lowest BCUT2D eigenvalue weighted by Crippen LogP contribution is -2.24. The van der Waals surface area contributed by atoms with Crippen molar-refractivity contribution in [3.63, 3.8) is 0 Å². The molecule has 1 atom stereocenters. The smallest absolute Gasteiger partial charge is 0.274 e. The fourth-order valence-electron chi connectivity index (χ4n) is 4.69. The predicted octanol–water partition coefficient (Wildman–Crippen LogP) is 5.11. The van der Waals surface area contributed by atoms with E-state index in [9.17, 15) is 9.59 Å². The van der Waals surface area contributed by atoms with Crippen LogP contribution in [0.3, 0.4) is 0 Å². The van der Waals surface area contributed by atoms with E-state index in [2.05, 4.69) is 25.6 Å². The van der Waals surface area contributed by atoms with Crippen molar-refractivity contribution in [3.05, 3.63) is 84.6 Å². The highest BCUT2D eigenvalue weighted by Crippen LogP contribution is 2.44. The Morgan fingerprint density at radius 2 is 1.92 bits per heavy atom. The normalized spacial score (nSPS) is 16.0. The number of benzene rings is 1. The maximum atomic E-state index is 12.4. The monoisotopic (exact) mass is 492 g/mol. The highest BCUT2D eigenvalue weighted by molar-refractivity contribution is 6.03. The molecule has 2 N–H and O–H groups in total. The summed E-state index contributed by atoms with van der Waals surface area (Å²) < 4.78 is 6.24. The highest BCUT2D eigenvalue weighted by atomic mass is 16.5. The van der Waals surface area contributed by atoms with Gasteiger partial charge < -0.3 is 20.3 Å². The molecule has 0 aliphatic carbocycles. The molecule has 2 aliphatic heterocycles. The zero-order chi connectivity index (χ0) is 25.4. The summed E-state index contributed by atoms with van der Waals surface area (Å²) in [6, 6.07) is 14.8. The summed E-state index contributed by atoms with van der Waals surface area (Å²) in [5, 5.41) is 6.07. The van der Waals surface area contributed by atoms with E-state index in [1.807, 2.05) is 42.3 Å². The Balaban J connectivity index is 1.22. The van der Waals surface area contributed by atoms with E-state index in [1.54, 1.807) is 42.9 Å². The Morgan fingerprint density at radius 3 is 2.73 bits per heavy atom. The number of hydrogen-bond donors (Lipinski definition) is 2. The summed E-state index contributed by atoms with van der Waals surface area (Å²) in [5.41, 5.74) is 5.35. The topological polar surface area (TPSA) is 109 Å². The molecule has 4 aromatic rings. The van der Waals surface area contributed by atoms with E-state index in [1.165, 1.54) is 0 Å². The van der Waals surface area contributed by atoms with E-state index < -0.39 is 0 Å². The highest BCUT2D eigenvalue weighted by Gasteiger charge is 2.27. The quantitative estimate of drug-likeness (QED) is 0.398. The Morgan fingerprint density at radius 1 is 1.03 bits per heavy atom. The number of nitrogens with one attached hydrogen (secondary N) is 2. The first-order valence-electron chi connectivity index (χ1n) is 12.1. The van der Waals surface area contributed by atoms with Gasteiger partial charge >= 0.3 is 0 Å². The number of rotatable bonds is 5. The SMILES string of the molecule is CC1Oc2cc(N3CCCC3=O)ccc2-c2cnc(Nc3cncc(NC(=O)c4ccccn4)c3)cc21. The summed E-state index contributed by atoms with van der Waals surface area (Å²) in [4.78, 5) is 39.3. The Bertz CT molecular complexity index is 1510. The molecule has 1 fully saturated rings. The molecule has 6 rings (SSSR count). The summed E-state index contributed by atoms with van der Waals surface area (Å²) >= 11 is 0. The first kappa shape index (κ1) is 22.7. The van der Waals surface area contributed by atoms with Gasteiger partial charge in [0.2, 0.25) is 5.91 Å². The van der Waals surface area contributed by atoms with Crippen LogP contribution in [0, 0.1) is 0 Å². The largest absolute Gasteiger partial charge is 0.485 e. The Hall–Kier alpha value is -4.79. The van der Waals surface area contributed by atoms with Gasteiger partial charge in [0.1, 0.15) is 23.4 Å². The van der Waals surface area contributed by atoms with Crippen molar-refractivity contribution in [2.75, 3.05) is 22.1 Å². The van der Waals surface area contributed by atoms with Gasteiger partial charge in [-0.2, -0.15) is 0 Å². The number of pyridine rings is 3. The molecule has 0 spiro atoms. The maximum absolute atomic E-state index is 12.4. The average Bonchev–Trinajstić information content (AvgIpc) is 3.35. The van der Waals surface area contributed by atoms with Crippen LogP contribution in [0.5, 0.6) is 5.75 Å². The first-order valence-corrected chi connectivity index (χ1v) is 12.1. The van der Waals surface area contributed by atoms with E-state index in [0.717, 1.165) is 41.1 Å². The predicted molar refractivity (Wildman–Crippen MR) is 140 cm³/mol. The van der Waals surface area contributed by atoms with E-state index in [0.29, 0.717) is 29.3 Å². The number of ether oxygens (including phenoxy) is 1. The molecular formula is C28H24N6O3. The number of nitrogens with zero attached hydrogens (tertiary/aromatic N) is 4. The molecule has 1 unspecified atom stereocenters. The third kappa shape index (κ3) is 4.47. The molecule has 0 bridgehead atoms. The molecule has 9 heteroatoms. The molecule has 2 amide bonds. The lowest BCUT2D eigenvalue weighted by Gasteiger charge is -2.28. The molecule has 184 valence electrons. The van der Waals surface area contributed by atoms with Gasteiger partial charge in [0.15, 0.2) is 0 Å². The fraction of sp³-hybridized carbons (Fsp3) is 0.179. The second-order valence-corrected chi connectivity index (χ2v) is 9.00. The van der Waals surface area contributed by atoms with Gasteiger partial charge in [-0.1, -0.05) is 6.07 Å². The molecule has 1 saturated heterocycles. The van der Waals surface area contributed by atoms with Crippen molar-refractivity contribution in [2.24, 2.45) is 0 Å². The van der Waals surface area contributed by atoms with Gasteiger partial charge in [-0.15, -0.1) is 0 Å². The number of amides is 2. The van der Waals surface area contributed by atoms with Crippen molar-refractivity contribution in [2.45, 2.75) is 25.9 Å². The second-order valence-electron chi connectivity index (χ2n) is 9.00. The molecule has 5 heterocycles. The van der Waals surface area contributed by atoms with Crippen LogP contribution in [0.2, 0.25) is 0 Å². The summed E-state index contributed by atoms with van der Waals surface area (Å²) in [6.07, 6.45) is 7.91. The lowest BCUT2D eigenvalue weighted by atomic mass is 9.94. The Labute approximate surface area is 213 Å². The van der Waals surface area contributed by atoms with Crippen LogP contribution in [0.15, 0.2) is 73.3 Å². The molecule has 0 saturated carbocycles. The van der Waals surface area contributed by atoms with Crippen molar-refractivity contribution >= 4 is 34.7 Å². The van der Waals surface area contributed by atoms with Crippen molar-refractivity contribution in [3.8, 4) is 16.9 Å². The first-order chi connectivity index (χ1) is 18.0. The zero-order valence-electron chi connectivity index (χ0n) is 20.1. The fourth-order valence-corrected chi connectivity index (χ4v) is 4.69. The van der Waals surface area contributed by atoms with Crippen LogP contribution in [0.4, 0.5) is 22.9 Å². The average molecular weight is 493 g/mol. The molecule has 1 aromatic carbocycles. The van der Waals surface area contributed by atoms with E-state index in [-0.39, 0.29) is 17.9 Å².